The maximum absolute atomic E-state index is 10.6. The Kier molecular flexibility index (Phi) is 2.72. The average Bonchev–Trinajstić information content (AvgIpc) is 2.06. The number of rotatable bonds is 1. The minimum Gasteiger partial charge on any atom is -0.437 e. The predicted octanol–water partition coefficient (Wildman–Crippen LogP) is 2.00. The highest BCUT2D eigenvalue weighted by Crippen LogP contribution is 2.13. The lowest BCUT2D eigenvalue weighted by Gasteiger charge is -2.07. The van der Waals surface area contributed by atoms with Crippen molar-refractivity contribution >= 4 is 6.16 Å². The summed E-state index contributed by atoms with van der Waals surface area (Å²) in [7, 11) is 1.29. The summed E-state index contributed by atoms with van der Waals surface area (Å²) in [5.41, 5.74) is 0. The first-order chi connectivity index (χ1) is 5.33. The molecule has 0 saturated heterocycles. The van der Waals surface area contributed by atoms with Gasteiger partial charge < -0.3 is 9.47 Å². The molecule has 0 amide bonds. The zero-order valence-corrected chi connectivity index (χ0v) is 6.37. The van der Waals surface area contributed by atoms with Gasteiger partial charge in [-0.05, 0) is 12.5 Å². The third kappa shape index (κ3) is 2.45. The van der Waals surface area contributed by atoms with Gasteiger partial charge >= 0.3 is 6.16 Å². The quantitative estimate of drug-likeness (QED) is 0.542. The van der Waals surface area contributed by atoms with E-state index in [4.69, 9.17) is 4.74 Å². The molecule has 11 heavy (non-hydrogen) atoms. The van der Waals surface area contributed by atoms with Gasteiger partial charge in [0.2, 0.25) is 0 Å². The fraction of sp³-hybridized carbons (Fsp3) is 0.375. The fourth-order valence-corrected chi connectivity index (χ4v) is 0.814. The first kappa shape index (κ1) is 7.85. The second-order valence-electron chi connectivity index (χ2n) is 2.16. The van der Waals surface area contributed by atoms with Crippen molar-refractivity contribution in [1.29, 1.82) is 0 Å². The molecule has 0 fully saturated rings. The number of allylic oxidation sites excluding steroid dienone is 4. The Labute approximate surface area is 65.3 Å². The molecule has 1 aliphatic rings. The molecule has 0 radical (unpaired) electrons. The van der Waals surface area contributed by atoms with Gasteiger partial charge in [0.05, 0.1) is 7.11 Å². The highest BCUT2D eigenvalue weighted by atomic mass is 16.7. The second kappa shape index (κ2) is 3.81. The lowest BCUT2D eigenvalue weighted by molar-refractivity contribution is 0.0947. The second-order valence-corrected chi connectivity index (χ2v) is 2.16. The molecule has 0 aromatic carbocycles. The third-order valence-corrected chi connectivity index (χ3v) is 1.36. The molecule has 0 atom stereocenters. The van der Waals surface area contributed by atoms with Crippen LogP contribution in [0.15, 0.2) is 24.0 Å². The Balaban J connectivity index is 2.42. The van der Waals surface area contributed by atoms with Gasteiger partial charge in [0.25, 0.3) is 0 Å². The molecule has 0 heterocycles. The van der Waals surface area contributed by atoms with Crippen LogP contribution >= 0.6 is 0 Å². The summed E-state index contributed by atoms with van der Waals surface area (Å²) in [5.74, 6) is 0.666. The van der Waals surface area contributed by atoms with E-state index in [-0.39, 0.29) is 0 Å². The number of hydrogen-bond acceptors (Lipinski definition) is 3. The number of carbonyl (C=O) groups is 1. The summed E-state index contributed by atoms with van der Waals surface area (Å²) in [6.07, 6.45) is 6.69. The van der Waals surface area contributed by atoms with Gasteiger partial charge in [-0.25, -0.2) is 4.79 Å². The van der Waals surface area contributed by atoms with Crippen LogP contribution in [0.25, 0.3) is 0 Å². The zero-order chi connectivity index (χ0) is 8.10. The smallest absolute Gasteiger partial charge is 0.437 e. The highest BCUT2D eigenvalue weighted by Gasteiger charge is 2.06. The van der Waals surface area contributed by atoms with Crippen LogP contribution in [0.5, 0.6) is 0 Å². The number of ether oxygens (including phenoxy) is 2. The minimum absolute atomic E-state index is 0.647. The maximum Gasteiger partial charge on any atom is 0.513 e. The Morgan fingerprint density at radius 2 is 2.45 bits per heavy atom. The normalized spacial score (nSPS) is 15.5. The van der Waals surface area contributed by atoms with E-state index in [1.165, 1.54) is 7.11 Å². The van der Waals surface area contributed by atoms with E-state index in [9.17, 15) is 4.79 Å². The van der Waals surface area contributed by atoms with Crippen LogP contribution in [0.2, 0.25) is 0 Å². The number of carbonyl (C=O) groups excluding carboxylic acids is 1. The number of hydrogen-bond donors (Lipinski definition) is 0. The first-order valence-electron chi connectivity index (χ1n) is 3.44. The van der Waals surface area contributed by atoms with Crippen molar-refractivity contribution in [2.45, 2.75) is 12.8 Å². The van der Waals surface area contributed by atoms with Crippen molar-refractivity contribution in [3.63, 3.8) is 0 Å². The molecule has 60 valence electrons. The molecule has 0 aromatic heterocycles. The van der Waals surface area contributed by atoms with E-state index < -0.39 is 6.16 Å². The van der Waals surface area contributed by atoms with Crippen molar-refractivity contribution in [1.82, 2.24) is 0 Å². The standard InChI is InChI=1S/C8H10O3/c1-10-8(9)11-7-5-3-2-4-6-7/h2-3,5H,4,6H2,1H3. The summed E-state index contributed by atoms with van der Waals surface area (Å²) in [4.78, 5) is 10.6. The van der Waals surface area contributed by atoms with Gasteiger partial charge in [0.1, 0.15) is 5.76 Å². The van der Waals surface area contributed by atoms with Crippen molar-refractivity contribution < 1.29 is 14.3 Å². The van der Waals surface area contributed by atoms with Gasteiger partial charge in [-0.3, -0.25) is 0 Å². The lowest BCUT2D eigenvalue weighted by Crippen LogP contribution is -2.04. The zero-order valence-electron chi connectivity index (χ0n) is 6.37. The van der Waals surface area contributed by atoms with Crippen LogP contribution in [0.1, 0.15) is 12.8 Å². The maximum atomic E-state index is 10.6. The molecular weight excluding hydrogens is 144 g/mol. The van der Waals surface area contributed by atoms with E-state index in [0.717, 1.165) is 12.8 Å². The van der Waals surface area contributed by atoms with Gasteiger partial charge in [0, 0.05) is 6.42 Å². The monoisotopic (exact) mass is 154 g/mol. The molecule has 0 unspecified atom stereocenters. The van der Waals surface area contributed by atoms with Crippen LogP contribution in [0.3, 0.4) is 0 Å². The largest absolute Gasteiger partial charge is 0.513 e. The number of methoxy groups -OCH3 is 1. The Morgan fingerprint density at radius 1 is 1.64 bits per heavy atom. The predicted molar refractivity (Wildman–Crippen MR) is 39.9 cm³/mol. The van der Waals surface area contributed by atoms with Crippen LogP contribution in [0, 0.1) is 0 Å². The molecule has 0 aliphatic heterocycles. The van der Waals surface area contributed by atoms with Gasteiger partial charge in [-0.15, -0.1) is 0 Å². The van der Waals surface area contributed by atoms with Gasteiger partial charge in [-0.1, -0.05) is 12.2 Å². The Bertz CT molecular complexity index is 203. The van der Waals surface area contributed by atoms with E-state index >= 15 is 0 Å². The van der Waals surface area contributed by atoms with E-state index in [0.29, 0.717) is 5.76 Å². The fourth-order valence-electron chi connectivity index (χ4n) is 0.814. The topological polar surface area (TPSA) is 35.5 Å². The molecule has 0 saturated carbocycles. The van der Waals surface area contributed by atoms with Crippen molar-refractivity contribution in [2.24, 2.45) is 0 Å². The molecular formula is C8H10O3. The summed E-state index contributed by atoms with van der Waals surface area (Å²) < 4.78 is 9.12. The summed E-state index contributed by atoms with van der Waals surface area (Å²) in [6, 6.07) is 0. The molecule has 1 aliphatic carbocycles. The lowest BCUT2D eigenvalue weighted by atomic mass is 10.2. The van der Waals surface area contributed by atoms with Crippen molar-refractivity contribution in [3.05, 3.63) is 24.0 Å². The van der Waals surface area contributed by atoms with Crippen LogP contribution in [-0.4, -0.2) is 13.3 Å². The van der Waals surface area contributed by atoms with E-state index in [2.05, 4.69) is 4.74 Å². The van der Waals surface area contributed by atoms with Gasteiger partial charge in [0.15, 0.2) is 0 Å². The molecule has 0 spiro atoms. The molecule has 1 rings (SSSR count). The average molecular weight is 154 g/mol. The van der Waals surface area contributed by atoms with Crippen LogP contribution in [0.4, 0.5) is 4.79 Å². The molecule has 3 nitrogen and oxygen atoms in total. The molecule has 3 heteroatoms. The first-order valence-corrected chi connectivity index (χ1v) is 3.44. The molecule has 0 bridgehead atoms. The van der Waals surface area contributed by atoms with Crippen molar-refractivity contribution in [3.8, 4) is 0 Å². The SMILES string of the molecule is COC(=O)OC1=CC=CCC1. The third-order valence-electron chi connectivity index (χ3n) is 1.36. The summed E-state index contributed by atoms with van der Waals surface area (Å²) >= 11 is 0. The summed E-state index contributed by atoms with van der Waals surface area (Å²) in [5, 5.41) is 0. The molecule has 0 N–H and O–H groups in total. The van der Waals surface area contributed by atoms with Crippen LogP contribution < -0.4 is 0 Å². The van der Waals surface area contributed by atoms with E-state index in [1.54, 1.807) is 6.08 Å². The van der Waals surface area contributed by atoms with Crippen molar-refractivity contribution in [2.75, 3.05) is 7.11 Å². The Morgan fingerprint density at radius 3 is 3.00 bits per heavy atom. The van der Waals surface area contributed by atoms with Crippen LogP contribution in [-0.2, 0) is 9.47 Å². The molecule has 0 aromatic rings. The summed E-state index contributed by atoms with van der Waals surface area (Å²) in [6.45, 7) is 0. The Hall–Kier alpha value is -1.25. The highest BCUT2D eigenvalue weighted by molar-refractivity contribution is 5.61. The van der Waals surface area contributed by atoms with E-state index in [1.807, 2.05) is 12.2 Å². The minimum atomic E-state index is -0.647. The van der Waals surface area contributed by atoms with Gasteiger partial charge in [-0.2, -0.15) is 0 Å².